The third-order valence-corrected chi connectivity index (χ3v) is 7.01. The molecule has 1 N–H and O–H groups in total. The standard InChI is InChI=1S/C20H24N2O6S2/c1-20(2,3)28-19(24)22-11-10-14-15(12-22)29-17(16(14)18(23)27-4)21-30(25,26)13-8-6-5-7-9-13/h5-9,21H,10-12H2,1-4H3. The van der Waals surface area contributed by atoms with Gasteiger partial charge in [-0.1, -0.05) is 18.2 Å². The number of ether oxygens (including phenoxy) is 2. The van der Waals surface area contributed by atoms with Crippen molar-refractivity contribution < 1.29 is 27.5 Å². The van der Waals surface area contributed by atoms with Gasteiger partial charge in [-0.25, -0.2) is 18.0 Å². The third-order valence-electron chi connectivity index (χ3n) is 4.38. The molecule has 0 fully saturated rings. The average Bonchev–Trinajstić information content (AvgIpc) is 3.03. The Morgan fingerprint density at radius 1 is 1.17 bits per heavy atom. The van der Waals surface area contributed by atoms with Crippen molar-refractivity contribution in [3.63, 3.8) is 0 Å². The number of nitrogens with zero attached hydrogens (tertiary/aromatic N) is 1. The average molecular weight is 453 g/mol. The summed E-state index contributed by atoms with van der Waals surface area (Å²) in [4.78, 5) is 27.2. The number of carbonyl (C=O) groups is 2. The minimum Gasteiger partial charge on any atom is -0.465 e. The quantitative estimate of drug-likeness (QED) is 0.711. The van der Waals surface area contributed by atoms with E-state index in [0.29, 0.717) is 18.5 Å². The van der Waals surface area contributed by atoms with Crippen LogP contribution in [-0.4, -0.2) is 44.6 Å². The second-order valence-corrected chi connectivity index (χ2v) is 10.6. The number of fused-ring (bicyclic) bond motifs is 1. The zero-order valence-electron chi connectivity index (χ0n) is 17.2. The topological polar surface area (TPSA) is 102 Å². The van der Waals surface area contributed by atoms with E-state index in [1.165, 1.54) is 19.2 Å². The molecule has 10 heteroatoms. The number of nitrogens with one attached hydrogen (secondary N) is 1. The molecule has 0 unspecified atom stereocenters. The van der Waals surface area contributed by atoms with Gasteiger partial charge in [0, 0.05) is 11.4 Å². The first-order chi connectivity index (χ1) is 14.0. The fraction of sp³-hybridized carbons (Fsp3) is 0.400. The Labute approximate surface area is 179 Å². The molecule has 0 radical (unpaired) electrons. The summed E-state index contributed by atoms with van der Waals surface area (Å²) >= 11 is 1.13. The van der Waals surface area contributed by atoms with Gasteiger partial charge >= 0.3 is 12.1 Å². The van der Waals surface area contributed by atoms with Crippen LogP contribution >= 0.6 is 11.3 Å². The van der Waals surface area contributed by atoms with E-state index in [1.807, 2.05) is 0 Å². The van der Waals surface area contributed by atoms with Gasteiger partial charge in [-0.3, -0.25) is 4.72 Å². The number of rotatable bonds is 4. The van der Waals surface area contributed by atoms with Crippen LogP contribution in [0.3, 0.4) is 0 Å². The Morgan fingerprint density at radius 2 is 1.83 bits per heavy atom. The highest BCUT2D eigenvalue weighted by Crippen LogP contribution is 2.39. The molecule has 162 valence electrons. The van der Waals surface area contributed by atoms with Crippen molar-refractivity contribution in [2.45, 2.75) is 44.2 Å². The van der Waals surface area contributed by atoms with Crippen LogP contribution in [0.1, 0.15) is 41.6 Å². The van der Waals surface area contributed by atoms with Crippen molar-refractivity contribution in [3.05, 3.63) is 46.3 Å². The van der Waals surface area contributed by atoms with Crippen LogP contribution in [0.4, 0.5) is 9.80 Å². The first-order valence-corrected chi connectivity index (χ1v) is 11.6. The molecule has 1 aliphatic rings. The molecule has 0 spiro atoms. The summed E-state index contributed by atoms with van der Waals surface area (Å²) in [6, 6.07) is 7.89. The van der Waals surface area contributed by atoms with Gasteiger partial charge in [0.2, 0.25) is 0 Å². The Hall–Kier alpha value is -2.59. The summed E-state index contributed by atoms with van der Waals surface area (Å²) in [6.45, 7) is 5.95. The zero-order valence-corrected chi connectivity index (χ0v) is 18.9. The summed E-state index contributed by atoms with van der Waals surface area (Å²) in [5.41, 5.74) is 0.263. The molecule has 2 aromatic rings. The molecule has 2 heterocycles. The van der Waals surface area contributed by atoms with Crippen molar-refractivity contribution in [1.29, 1.82) is 0 Å². The van der Waals surface area contributed by atoms with E-state index in [4.69, 9.17) is 9.47 Å². The van der Waals surface area contributed by atoms with E-state index in [2.05, 4.69) is 4.72 Å². The lowest BCUT2D eigenvalue weighted by atomic mass is 10.0. The first-order valence-electron chi connectivity index (χ1n) is 9.30. The summed E-state index contributed by atoms with van der Waals surface area (Å²) in [7, 11) is -2.64. The molecule has 1 aliphatic heterocycles. The van der Waals surface area contributed by atoms with Crippen LogP contribution in [-0.2, 0) is 32.5 Å². The Morgan fingerprint density at radius 3 is 2.43 bits per heavy atom. The minimum absolute atomic E-state index is 0.0857. The van der Waals surface area contributed by atoms with Crippen molar-refractivity contribution in [1.82, 2.24) is 4.90 Å². The number of thiophene rings is 1. The van der Waals surface area contributed by atoms with Crippen LogP contribution < -0.4 is 4.72 Å². The highest BCUT2D eigenvalue weighted by Gasteiger charge is 2.33. The SMILES string of the molecule is COC(=O)c1c(NS(=O)(=O)c2ccccc2)sc2c1CCN(C(=O)OC(C)(C)C)C2. The van der Waals surface area contributed by atoms with Gasteiger partial charge < -0.3 is 14.4 Å². The minimum atomic E-state index is -3.88. The smallest absolute Gasteiger partial charge is 0.410 e. The van der Waals surface area contributed by atoms with E-state index >= 15 is 0 Å². The highest BCUT2D eigenvalue weighted by atomic mass is 32.2. The maximum absolute atomic E-state index is 12.8. The Kier molecular flexibility index (Phi) is 6.09. The lowest BCUT2D eigenvalue weighted by Crippen LogP contribution is -2.39. The molecule has 0 saturated carbocycles. The fourth-order valence-corrected chi connectivity index (χ4v) is 5.63. The predicted octanol–water partition coefficient (Wildman–Crippen LogP) is 3.63. The van der Waals surface area contributed by atoms with E-state index in [0.717, 1.165) is 16.2 Å². The van der Waals surface area contributed by atoms with Crippen LogP contribution in [0.2, 0.25) is 0 Å². The van der Waals surface area contributed by atoms with Gasteiger partial charge in [-0.15, -0.1) is 11.3 Å². The van der Waals surface area contributed by atoms with E-state index in [1.54, 1.807) is 43.9 Å². The normalized spacial score (nSPS) is 14.1. The number of hydrogen-bond acceptors (Lipinski definition) is 7. The van der Waals surface area contributed by atoms with Crippen molar-refractivity contribution in [2.24, 2.45) is 0 Å². The molecule has 0 bridgehead atoms. The Balaban J connectivity index is 1.93. The maximum atomic E-state index is 12.8. The lowest BCUT2D eigenvalue weighted by molar-refractivity contribution is 0.0226. The van der Waals surface area contributed by atoms with Crippen LogP contribution in [0.5, 0.6) is 0 Å². The number of methoxy groups -OCH3 is 1. The second-order valence-electron chi connectivity index (χ2n) is 7.77. The zero-order chi connectivity index (χ0) is 22.1. The third kappa shape index (κ3) is 4.76. The molecule has 1 aromatic heterocycles. The van der Waals surface area contributed by atoms with E-state index < -0.39 is 27.7 Å². The van der Waals surface area contributed by atoms with Crippen LogP contribution in [0.25, 0.3) is 0 Å². The number of amides is 1. The van der Waals surface area contributed by atoms with Crippen molar-refractivity contribution >= 4 is 38.4 Å². The van der Waals surface area contributed by atoms with Gasteiger partial charge in [0.05, 0.1) is 24.1 Å². The Bertz CT molecular complexity index is 1050. The largest absolute Gasteiger partial charge is 0.465 e. The summed E-state index contributed by atoms with van der Waals surface area (Å²) in [6.07, 6.45) is -0.0599. The molecule has 1 aromatic carbocycles. The molecular weight excluding hydrogens is 428 g/mol. The fourth-order valence-electron chi connectivity index (χ4n) is 3.06. The molecular formula is C20H24N2O6S2. The van der Waals surface area contributed by atoms with Gasteiger partial charge in [-0.05, 0) is 44.9 Å². The molecule has 0 atom stereocenters. The number of anilines is 1. The molecule has 0 saturated heterocycles. The van der Waals surface area contributed by atoms with Crippen LogP contribution in [0, 0.1) is 0 Å². The highest BCUT2D eigenvalue weighted by molar-refractivity contribution is 7.93. The van der Waals surface area contributed by atoms with Gasteiger partial charge in [0.25, 0.3) is 10.0 Å². The van der Waals surface area contributed by atoms with E-state index in [9.17, 15) is 18.0 Å². The number of carbonyl (C=O) groups excluding carboxylic acids is 2. The maximum Gasteiger partial charge on any atom is 0.410 e. The van der Waals surface area contributed by atoms with E-state index in [-0.39, 0.29) is 22.0 Å². The number of hydrogen-bond donors (Lipinski definition) is 1. The number of benzene rings is 1. The molecule has 8 nitrogen and oxygen atoms in total. The molecule has 1 amide bonds. The lowest BCUT2D eigenvalue weighted by Gasteiger charge is -2.30. The van der Waals surface area contributed by atoms with Crippen LogP contribution in [0.15, 0.2) is 35.2 Å². The molecule has 0 aliphatic carbocycles. The molecule has 30 heavy (non-hydrogen) atoms. The number of esters is 1. The van der Waals surface area contributed by atoms with Crippen molar-refractivity contribution in [2.75, 3.05) is 18.4 Å². The van der Waals surface area contributed by atoms with Crippen molar-refractivity contribution in [3.8, 4) is 0 Å². The monoisotopic (exact) mass is 452 g/mol. The number of sulfonamides is 1. The predicted molar refractivity (Wildman–Crippen MR) is 113 cm³/mol. The first kappa shape index (κ1) is 22.1. The van der Waals surface area contributed by atoms with Gasteiger partial charge in [0.1, 0.15) is 10.6 Å². The summed E-state index contributed by atoms with van der Waals surface area (Å²) in [5.74, 6) is -0.621. The second kappa shape index (κ2) is 8.27. The van der Waals surface area contributed by atoms with Gasteiger partial charge in [0.15, 0.2) is 0 Å². The van der Waals surface area contributed by atoms with Gasteiger partial charge in [-0.2, -0.15) is 0 Å². The summed E-state index contributed by atoms with van der Waals surface area (Å²) < 4.78 is 38.4. The summed E-state index contributed by atoms with van der Waals surface area (Å²) in [5, 5.41) is 0.182. The molecule has 3 rings (SSSR count).